The van der Waals surface area contributed by atoms with E-state index in [0.717, 1.165) is 15.8 Å². The molecule has 0 aromatic carbocycles. The Morgan fingerprint density at radius 2 is 2.30 bits per heavy atom. The van der Waals surface area contributed by atoms with Crippen LogP contribution in [-0.4, -0.2) is 26.5 Å². The van der Waals surface area contributed by atoms with Crippen molar-refractivity contribution in [2.75, 3.05) is 0 Å². The third-order valence-corrected chi connectivity index (χ3v) is 3.60. The van der Waals surface area contributed by atoms with Crippen LogP contribution in [0.3, 0.4) is 0 Å². The summed E-state index contributed by atoms with van der Waals surface area (Å²) >= 11 is 1.43. The van der Waals surface area contributed by atoms with Gasteiger partial charge in [0, 0.05) is 22.9 Å². The zero-order valence-electron chi connectivity index (χ0n) is 10.7. The van der Waals surface area contributed by atoms with E-state index in [-0.39, 0.29) is 5.91 Å². The molecular formula is C13H13N3O3S. The Bertz CT molecular complexity index is 657. The van der Waals surface area contributed by atoms with Crippen LogP contribution in [0.2, 0.25) is 0 Å². The first-order valence-electron chi connectivity index (χ1n) is 5.80. The van der Waals surface area contributed by atoms with Crippen LogP contribution in [0, 0.1) is 0 Å². The molecule has 0 unspecified atom stereocenters. The van der Waals surface area contributed by atoms with Gasteiger partial charge in [0.2, 0.25) is 0 Å². The van der Waals surface area contributed by atoms with E-state index >= 15 is 0 Å². The average Bonchev–Trinajstić information content (AvgIpc) is 3.02. The third kappa shape index (κ3) is 3.55. The van der Waals surface area contributed by atoms with Crippen LogP contribution in [0.25, 0.3) is 6.08 Å². The van der Waals surface area contributed by atoms with Gasteiger partial charge in [-0.05, 0) is 18.2 Å². The lowest BCUT2D eigenvalue weighted by atomic mass is 10.3. The van der Waals surface area contributed by atoms with Crippen molar-refractivity contribution in [3.63, 3.8) is 0 Å². The Labute approximate surface area is 119 Å². The fourth-order valence-corrected chi connectivity index (χ4v) is 2.42. The molecule has 2 N–H and O–H groups in total. The summed E-state index contributed by atoms with van der Waals surface area (Å²) in [6.07, 6.45) is 5.68. The van der Waals surface area contributed by atoms with E-state index in [2.05, 4.69) is 10.3 Å². The number of aryl methyl sites for hydroxylation is 1. The van der Waals surface area contributed by atoms with Crippen LogP contribution in [-0.2, 0) is 18.4 Å². The molecule has 0 aliphatic rings. The summed E-state index contributed by atoms with van der Waals surface area (Å²) in [7, 11) is 1.75. The van der Waals surface area contributed by atoms with Crippen molar-refractivity contribution in [1.29, 1.82) is 0 Å². The van der Waals surface area contributed by atoms with E-state index in [1.807, 2.05) is 12.1 Å². The van der Waals surface area contributed by atoms with Crippen LogP contribution < -0.4 is 5.32 Å². The van der Waals surface area contributed by atoms with Gasteiger partial charge in [-0.1, -0.05) is 0 Å². The largest absolute Gasteiger partial charge is 0.478 e. The van der Waals surface area contributed by atoms with E-state index in [4.69, 9.17) is 5.11 Å². The predicted octanol–water partition coefficient (Wildman–Crippen LogP) is 1.51. The number of hydrogen-bond donors (Lipinski definition) is 2. The second kappa shape index (κ2) is 6.16. The SMILES string of the molecule is Cn1cncc1C(=O)NCc1ccc(/C=C/C(=O)O)s1. The molecule has 2 aromatic heterocycles. The molecule has 0 saturated carbocycles. The van der Waals surface area contributed by atoms with E-state index in [9.17, 15) is 9.59 Å². The van der Waals surface area contributed by atoms with Gasteiger partial charge in [0.25, 0.3) is 5.91 Å². The smallest absolute Gasteiger partial charge is 0.328 e. The van der Waals surface area contributed by atoms with Crippen LogP contribution in [0.15, 0.2) is 30.7 Å². The number of carboxylic acids is 1. The fourth-order valence-electron chi connectivity index (χ4n) is 1.57. The highest BCUT2D eigenvalue weighted by molar-refractivity contribution is 7.12. The summed E-state index contributed by atoms with van der Waals surface area (Å²) in [5.74, 6) is -1.18. The molecule has 0 spiro atoms. The van der Waals surface area contributed by atoms with Crippen molar-refractivity contribution in [3.8, 4) is 0 Å². The van der Waals surface area contributed by atoms with Crippen molar-refractivity contribution < 1.29 is 14.7 Å². The maximum Gasteiger partial charge on any atom is 0.328 e. The zero-order valence-corrected chi connectivity index (χ0v) is 11.6. The van der Waals surface area contributed by atoms with Gasteiger partial charge < -0.3 is 15.0 Å². The maximum atomic E-state index is 11.9. The summed E-state index contributed by atoms with van der Waals surface area (Å²) in [4.78, 5) is 27.9. The van der Waals surface area contributed by atoms with Crippen molar-refractivity contribution in [2.24, 2.45) is 7.05 Å². The molecule has 20 heavy (non-hydrogen) atoms. The lowest BCUT2D eigenvalue weighted by molar-refractivity contribution is -0.131. The maximum absolute atomic E-state index is 11.9. The summed E-state index contributed by atoms with van der Waals surface area (Å²) in [6.45, 7) is 0.398. The van der Waals surface area contributed by atoms with E-state index in [1.54, 1.807) is 17.9 Å². The summed E-state index contributed by atoms with van der Waals surface area (Å²) in [5, 5.41) is 11.3. The lowest BCUT2D eigenvalue weighted by Gasteiger charge is -2.03. The number of rotatable bonds is 5. The summed E-state index contributed by atoms with van der Waals surface area (Å²) < 4.78 is 1.64. The number of aliphatic carboxylic acids is 1. The number of hydrogen-bond acceptors (Lipinski definition) is 4. The molecule has 0 saturated heterocycles. The van der Waals surface area contributed by atoms with E-state index < -0.39 is 5.97 Å². The monoisotopic (exact) mass is 291 g/mol. The van der Waals surface area contributed by atoms with Gasteiger partial charge in [-0.2, -0.15) is 0 Å². The predicted molar refractivity (Wildman–Crippen MR) is 75.4 cm³/mol. The first-order valence-corrected chi connectivity index (χ1v) is 6.62. The number of nitrogens with one attached hydrogen (secondary N) is 1. The lowest BCUT2D eigenvalue weighted by Crippen LogP contribution is -2.24. The van der Waals surface area contributed by atoms with Gasteiger partial charge in [0.15, 0.2) is 0 Å². The Hall–Kier alpha value is -2.41. The number of nitrogens with zero attached hydrogens (tertiary/aromatic N) is 2. The number of thiophene rings is 1. The first kappa shape index (κ1) is 14.0. The fraction of sp³-hybridized carbons (Fsp3) is 0.154. The van der Waals surface area contributed by atoms with Gasteiger partial charge in [-0.25, -0.2) is 9.78 Å². The van der Waals surface area contributed by atoms with Gasteiger partial charge >= 0.3 is 5.97 Å². The molecule has 7 heteroatoms. The van der Waals surface area contributed by atoms with Gasteiger partial charge in [-0.15, -0.1) is 11.3 Å². The van der Waals surface area contributed by atoms with Gasteiger partial charge in [0.1, 0.15) is 5.69 Å². The third-order valence-electron chi connectivity index (χ3n) is 2.55. The Morgan fingerprint density at radius 3 is 2.95 bits per heavy atom. The number of carbonyl (C=O) groups excluding carboxylic acids is 1. The van der Waals surface area contributed by atoms with Crippen LogP contribution in [0.5, 0.6) is 0 Å². The van der Waals surface area contributed by atoms with Crippen LogP contribution in [0.1, 0.15) is 20.2 Å². The number of amides is 1. The minimum Gasteiger partial charge on any atom is -0.478 e. The Balaban J connectivity index is 1.93. The normalized spacial score (nSPS) is 10.8. The van der Waals surface area contributed by atoms with Crippen molar-refractivity contribution in [1.82, 2.24) is 14.9 Å². The second-order valence-corrected chi connectivity index (χ2v) is 5.25. The highest BCUT2D eigenvalue weighted by Gasteiger charge is 2.09. The number of imidazole rings is 1. The second-order valence-electron chi connectivity index (χ2n) is 4.05. The standard InChI is InChI=1S/C13H13N3O3S/c1-16-8-14-7-11(16)13(19)15-6-10-3-2-9(20-10)4-5-12(17)18/h2-5,7-8H,6H2,1H3,(H,15,19)(H,17,18)/b5-4+. The molecule has 0 aliphatic carbocycles. The van der Waals surface area contributed by atoms with Crippen molar-refractivity contribution >= 4 is 29.3 Å². The molecule has 0 fully saturated rings. The molecule has 104 valence electrons. The summed E-state index contributed by atoms with van der Waals surface area (Å²) in [5.41, 5.74) is 0.493. The molecule has 0 radical (unpaired) electrons. The summed E-state index contributed by atoms with van der Waals surface area (Å²) in [6, 6.07) is 3.67. The molecule has 6 nitrogen and oxygen atoms in total. The number of carboxylic acid groups (broad SMARTS) is 1. The quantitative estimate of drug-likeness (QED) is 0.818. The highest BCUT2D eigenvalue weighted by atomic mass is 32.1. The van der Waals surface area contributed by atoms with E-state index in [0.29, 0.717) is 12.2 Å². The van der Waals surface area contributed by atoms with Crippen molar-refractivity contribution in [3.05, 3.63) is 46.2 Å². The van der Waals surface area contributed by atoms with Crippen LogP contribution >= 0.6 is 11.3 Å². The highest BCUT2D eigenvalue weighted by Crippen LogP contribution is 2.17. The molecule has 0 aliphatic heterocycles. The molecule has 2 rings (SSSR count). The van der Waals surface area contributed by atoms with Crippen molar-refractivity contribution in [2.45, 2.75) is 6.54 Å². The molecular weight excluding hydrogens is 278 g/mol. The zero-order chi connectivity index (χ0) is 14.5. The van der Waals surface area contributed by atoms with Gasteiger partial charge in [0.05, 0.1) is 19.1 Å². The topological polar surface area (TPSA) is 84.2 Å². The minimum atomic E-state index is -0.982. The first-order chi connectivity index (χ1) is 9.56. The average molecular weight is 291 g/mol. The molecule has 1 amide bonds. The van der Waals surface area contributed by atoms with Crippen LogP contribution in [0.4, 0.5) is 0 Å². The van der Waals surface area contributed by atoms with Gasteiger partial charge in [-0.3, -0.25) is 4.79 Å². The van der Waals surface area contributed by atoms with E-state index in [1.165, 1.54) is 23.6 Å². The molecule has 2 aromatic rings. The Morgan fingerprint density at radius 1 is 1.50 bits per heavy atom. The molecule has 2 heterocycles. The number of aromatic nitrogens is 2. The molecule has 0 atom stereocenters. The molecule has 0 bridgehead atoms. The number of carbonyl (C=O) groups is 2. The minimum absolute atomic E-state index is 0.193. The Kier molecular flexibility index (Phi) is 4.31.